The third-order valence-electron chi connectivity index (χ3n) is 2.86. The summed E-state index contributed by atoms with van der Waals surface area (Å²) in [7, 11) is 0. The summed E-state index contributed by atoms with van der Waals surface area (Å²) in [6, 6.07) is -0.130. The molecule has 1 N–H and O–H groups in total. The molecule has 1 saturated heterocycles. The van der Waals surface area contributed by atoms with E-state index in [4.69, 9.17) is 12.2 Å². The van der Waals surface area contributed by atoms with Crippen molar-refractivity contribution >= 4 is 23.2 Å². The van der Waals surface area contributed by atoms with Gasteiger partial charge in [-0.15, -0.1) is 0 Å². The van der Waals surface area contributed by atoms with E-state index in [9.17, 15) is 4.79 Å². The molecular weight excluding hydrogens is 184 g/mol. The van der Waals surface area contributed by atoms with Gasteiger partial charge in [0.25, 0.3) is 5.91 Å². The van der Waals surface area contributed by atoms with E-state index < -0.39 is 0 Å². The van der Waals surface area contributed by atoms with E-state index in [1.165, 1.54) is 12.8 Å². The average molecular weight is 198 g/mol. The van der Waals surface area contributed by atoms with Gasteiger partial charge in [-0.25, -0.2) is 0 Å². The molecular formula is C9H14N2OS. The number of carbonyl (C=O) groups is 1. The SMILES string of the molecule is CC1NC(=S)N(CC2(C)CC2)C1=O. The molecule has 2 aliphatic rings. The number of hydrogen-bond donors (Lipinski definition) is 1. The van der Waals surface area contributed by atoms with Crippen LogP contribution in [0.5, 0.6) is 0 Å². The Morgan fingerprint density at radius 1 is 1.69 bits per heavy atom. The number of carbonyl (C=O) groups excluding carboxylic acids is 1. The van der Waals surface area contributed by atoms with Crippen LogP contribution in [0.2, 0.25) is 0 Å². The first-order valence-corrected chi connectivity index (χ1v) is 5.05. The van der Waals surface area contributed by atoms with Gasteiger partial charge in [0, 0.05) is 6.54 Å². The van der Waals surface area contributed by atoms with Gasteiger partial charge in [-0.05, 0) is 37.4 Å². The molecule has 13 heavy (non-hydrogen) atoms. The molecule has 0 aromatic carbocycles. The Bertz CT molecular complexity index is 273. The zero-order valence-electron chi connectivity index (χ0n) is 7.96. The Morgan fingerprint density at radius 3 is 2.69 bits per heavy atom. The van der Waals surface area contributed by atoms with Crippen LogP contribution >= 0.6 is 12.2 Å². The molecule has 1 aliphatic carbocycles. The van der Waals surface area contributed by atoms with Crippen LogP contribution in [0.25, 0.3) is 0 Å². The Morgan fingerprint density at radius 2 is 2.31 bits per heavy atom. The monoisotopic (exact) mass is 198 g/mol. The second-order valence-corrected chi connectivity index (χ2v) is 4.79. The van der Waals surface area contributed by atoms with Crippen molar-refractivity contribution < 1.29 is 4.79 Å². The summed E-state index contributed by atoms with van der Waals surface area (Å²) in [5.41, 5.74) is 0.339. The van der Waals surface area contributed by atoms with Gasteiger partial charge in [0.2, 0.25) is 0 Å². The van der Waals surface area contributed by atoms with E-state index in [0.29, 0.717) is 10.5 Å². The molecule has 0 aromatic rings. The lowest BCUT2D eigenvalue weighted by Gasteiger charge is -2.18. The minimum atomic E-state index is -0.130. The van der Waals surface area contributed by atoms with Crippen LogP contribution in [0, 0.1) is 5.41 Å². The maximum atomic E-state index is 11.6. The summed E-state index contributed by atoms with van der Waals surface area (Å²) >= 11 is 5.08. The van der Waals surface area contributed by atoms with Gasteiger partial charge < -0.3 is 5.32 Å². The number of nitrogens with zero attached hydrogens (tertiary/aromatic N) is 1. The third kappa shape index (κ3) is 1.55. The predicted molar refractivity (Wildman–Crippen MR) is 54.2 cm³/mol. The summed E-state index contributed by atoms with van der Waals surface area (Å²) in [6.45, 7) is 4.84. The van der Waals surface area contributed by atoms with E-state index in [1.54, 1.807) is 4.90 Å². The highest BCUT2D eigenvalue weighted by Crippen LogP contribution is 2.45. The summed E-state index contributed by atoms with van der Waals surface area (Å²) < 4.78 is 0. The Balaban J connectivity index is 2.05. The van der Waals surface area contributed by atoms with Gasteiger partial charge in [-0.2, -0.15) is 0 Å². The fourth-order valence-corrected chi connectivity index (χ4v) is 1.89. The van der Waals surface area contributed by atoms with Crippen LogP contribution in [-0.2, 0) is 4.79 Å². The van der Waals surface area contributed by atoms with E-state index in [2.05, 4.69) is 12.2 Å². The first-order valence-electron chi connectivity index (χ1n) is 4.64. The quantitative estimate of drug-likeness (QED) is 0.669. The molecule has 0 bridgehead atoms. The largest absolute Gasteiger partial charge is 0.351 e. The number of hydrogen-bond acceptors (Lipinski definition) is 2. The zero-order chi connectivity index (χ0) is 9.64. The molecule has 3 nitrogen and oxygen atoms in total. The lowest BCUT2D eigenvalue weighted by atomic mass is 10.1. The molecule has 1 unspecified atom stereocenters. The van der Waals surface area contributed by atoms with Crippen LogP contribution < -0.4 is 5.32 Å². The Labute approximate surface area is 83.5 Å². The molecule has 1 amide bonds. The molecule has 1 saturated carbocycles. The summed E-state index contributed by atoms with van der Waals surface area (Å²) in [5.74, 6) is 0.123. The standard InChI is InChI=1S/C9H14N2OS/c1-6-7(12)11(8(13)10-6)5-9(2)3-4-9/h6H,3-5H2,1-2H3,(H,10,13). The lowest BCUT2D eigenvalue weighted by Crippen LogP contribution is -2.35. The molecule has 0 aromatic heterocycles. The minimum absolute atomic E-state index is 0.123. The molecule has 0 radical (unpaired) electrons. The highest BCUT2D eigenvalue weighted by atomic mass is 32.1. The molecule has 1 heterocycles. The molecule has 2 fully saturated rings. The summed E-state index contributed by atoms with van der Waals surface area (Å²) in [4.78, 5) is 13.3. The van der Waals surface area contributed by atoms with Crippen molar-refractivity contribution in [1.29, 1.82) is 0 Å². The topological polar surface area (TPSA) is 32.3 Å². The first-order chi connectivity index (χ1) is 6.02. The van der Waals surface area contributed by atoms with Crippen molar-refractivity contribution in [3.8, 4) is 0 Å². The van der Waals surface area contributed by atoms with E-state index in [0.717, 1.165) is 6.54 Å². The average Bonchev–Trinajstić information content (AvgIpc) is 2.73. The normalized spacial score (nSPS) is 30.6. The Kier molecular flexibility index (Phi) is 1.84. The highest BCUT2D eigenvalue weighted by molar-refractivity contribution is 7.80. The summed E-state index contributed by atoms with van der Waals surface area (Å²) in [5, 5.41) is 3.58. The molecule has 2 rings (SSSR count). The smallest absolute Gasteiger partial charge is 0.251 e. The van der Waals surface area contributed by atoms with Crippen LogP contribution in [0.3, 0.4) is 0 Å². The van der Waals surface area contributed by atoms with Gasteiger partial charge in [0.05, 0.1) is 0 Å². The Hall–Kier alpha value is -0.640. The van der Waals surface area contributed by atoms with Crippen molar-refractivity contribution in [3.63, 3.8) is 0 Å². The van der Waals surface area contributed by atoms with Crippen molar-refractivity contribution in [2.75, 3.05) is 6.54 Å². The second-order valence-electron chi connectivity index (χ2n) is 4.41. The van der Waals surface area contributed by atoms with Gasteiger partial charge in [-0.1, -0.05) is 6.92 Å². The summed E-state index contributed by atoms with van der Waals surface area (Å²) in [6.07, 6.45) is 2.43. The lowest BCUT2D eigenvalue weighted by molar-refractivity contribution is -0.127. The molecule has 4 heteroatoms. The van der Waals surface area contributed by atoms with Crippen LogP contribution in [0.15, 0.2) is 0 Å². The maximum Gasteiger partial charge on any atom is 0.251 e. The predicted octanol–water partition coefficient (Wildman–Crippen LogP) is 0.892. The first kappa shape index (κ1) is 8.94. The van der Waals surface area contributed by atoms with Crippen LogP contribution in [0.1, 0.15) is 26.7 Å². The fraction of sp³-hybridized carbons (Fsp3) is 0.778. The molecule has 1 aliphatic heterocycles. The van der Waals surface area contributed by atoms with Gasteiger partial charge in [-0.3, -0.25) is 9.69 Å². The maximum absolute atomic E-state index is 11.6. The van der Waals surface area contributed by atoms with Crippen molar-refractivity contribution in [1.82, 2.24) is 10.2 Å². The van der Waals surface area contributed by atoms with Crippen molar-refractivity contribution in [2.45, 2.75) is 32.7 Å². The van der Waals surface area contributed by atoms with E-state index in [1.807, 2.05) is 6.92 Å². The van der Waals surface area contributed by atoms with Gasteiger partial charge in [0.15, 0.2) is 5.11 Å². The van der Waals surface area contributed by atoms with Gasteiger partial charge >= 0.3 is 0 Å². The second kappa shape index (κ2) is 2.67. The number of rotatable bonds is 2. The highest BCUT2D eigenvalue weighted by Gasteiger charge is 2.43. The van der Waals surface area contributed by atoms with Crippen molar-refractivity contribution in [3.05, 3.63) is 0 Å². The minimum Gasteiger partial charge on any atom is -0.351 e. The zero-order valence-corrected chi connectivity index (χ0v) is 8.78. The van der Waals surface area contributed by atoms with E-state index in [-0.39, 0.29) is 11.9 Å². The van der Waals surface area contributed by atoms with Crippen LogP contribution in [-0.4, -0.2) is 28.5 Å². The molecule has 0 spiro atoms. The van der Waals surface area contributed by atoms with Crippen molar-refractivity contribution in [2.24, 2.45) is 5.41 Å². The third-order valence-corrected chi connectivity index (χ3v) is 3.20. The number of nitrogens with one attached hydrogen (secondary N) is 1. The fourth-order valence-electron chi connectivity index (χ4n) is 1.56. The number of amides is 1. The van der Waals surface area contributed by atoms with Gasteiger partial charge in [0.1, 0.15) is 6.04 Å². The van der Waals surface area contributed by atoms with Crippen LogP contribution in [0.4, 0.5) is 0 Å². The number of thiocarbonyl (C=S) groups is 1. The molecule has 1 atom stereocenters. The van der Waals surface area contributed by atoms with E-state index >= 15 is 0 Å². The molecule has 72 valence electrons.